The molecule has 3 nitrogen and oxygen atoms in total. The first kappa shape index (κ1) is 13.0. The highest BCUT2D eigenvalue weighted by Crippen LogP contribution is 2.24. The average molecular weight is 238 g/mol. The minimum atomic E-state index is 0.236. The summed E-state index contributed by atoms with van der Waals surface area (Å²) in [5.41, 5.74) is 0. The second kappa shape index (κ2) is 5.96. The zero-order valence-electron chi connectivity index (χ0n) is 11.3. The lowest BCUT2D eigenvalue weighted by atomic mass is 9.91. The molecule has 1 aliphatic carbocycles. The number of hydrogen-bond acceptors (Lipinski definition) is 3. The van der Waals surface area contributed by atoms with Crippen molar-refractivity contribution in [3.8, 4) is 0 Å². The molecule has 0 aromatic carbocycles. The molecule has 1 saturated carbocycles. The van der Waals surface area contributed by atoms with Crippen LogP contribution in [0.1, 0.15) is 45.4 Å². The van der Waals surface area contributed by atoms with Gasteiger partial charge >= 0.3 is 0 Å². The topological polar surface area (TPSA) is 23.6 Å². The Balaban J connectivity index is 2.07. The van der Waals surface area contributed by atoms with E-state index < -0.39 is 0 Å². The van der Waals surface area contributed by atoms with Crippen molar-refractivity contribution in [2.45, 2.75) is 57.5 Å². The lowest BCUT2D eigenvalue weighted by molar-refractivity contribution is -0.127. The highest BCUT2D eigenvalue weighted by atomic mass is 16.1. The van der Waals surface area contributed by atoms with Gasteiger partial charge in [0.05, 0.1) is 6.04 Å². The van der Waals surface area contributed by atoms with Gasteiger partial charge in [-0.15, -0.1) is 0 Å². The van der Waals surface area contributed by atoms with E-state index in [9.17, 15) is 4.79 Å². The predicted octanol–water partition coefficient (Wildman–Crippen LogP) is 1.91. The number of Topliss-reactive ketones (excluding diaryl/α,β-unsaturated/α-hetero) is 1. The SMILES string of the molecule is CCC1CN(C)CCCN1C1CCCCC1=O. The third kappa shape index (κ3) is 3.08. The van der Waals surface area contributed by atoms with Gasteiger partial charge in [-0.1, -0.05) is 13.3 Å². The van der Waals surface area contributed by atoms with Gasteiger partial charge in [-0.05, 0) is 39.3 Å². The molecule has 98 valence electrons. The molecule has 0 aromatic rings. The van der Waals surface area contributed by atoms with Crippen LogP contribution in [0, 0.1) is 0 Å². The fraction of sp³-hybridized carbons (Fsp3) is 0.929. The molecule has 2 rings (SSSR count). The van der Waals surface area contributed by atoms with Gasteiger partial charge in [0.15, 0.2) is 0 Å². The third-order valence-electron chi connectivity index (χ3n) is 4.34. The van der Waals surface area contributed by atoms with Crippen LogP contribution in [-0.4, -0.2) is 54.3 Å². The van der Waals surface area contributed by atoms with Gasteiger partial charge < -0.3 is 4.90 Å². The maximum Gasteiger partial charge on any atom is 0.149 e. The number of likely N-dealkylation sites (N-methyl/N-ethyl adjacent to an activating group) is 1. The second-order valence-corrected chi connectivity index (χ2v) is 5.64. The Kier molecular flexibility index (Phi) is 4.57. The molecular formula is C14H26N2O. The van der Waals surface area contributed by atoms with Crippen LogP contribution in [0.15, 0.2) is 0 Å². The number of carbonyl (C=O) groups excluding carboxylic acids is 1. The lowest BCUT2D eigenvalue weighted by Gasteiger charge is -2.38. The number of hydrogen-bond donors (Lipinski definition) is 0. The monoisotopic (exact) mass is 238 g/mol. The highest BCUT2D eigenvalue weighted by Gasteiger charge is 2.33. The highest BCUT2D eigenvalue weighted by molar-refractivity contribution is 5.84. The average Bonchev–Trinajstić information content (AvgIpc) is 2.51. The summed E-state index contributed by atoms with van der Waals surface area (Å²) >= 11 is 0. The molecule has 0 bridgehead atoms. The lowest BCUT2D eigenvalue weighted by Crippen LogP contribution is -2.50. The van der Waals surface area contributed by atoms with Crippen molar-refractivity contribution in [2.75, 3.05) is 26.7 Å². The Morgan fingerprint density at radius 2 is 2.06 bits per heavy atom. The molecule has 0 amide bonds. The predicted molar refractivity (Wildman–Crippen MR) is 70.2 cm³/mol. The summed E-state index contributed by atoms with van der Waals surface area (Å²) in [5.74, 6) is 0.499. The molecule has 0 aromatic heterocycles. The molecule has 2 fully saturated rings. The minimum absolute atomic E-state index is 0.236. The molecule has 1 aliphatic heterocycles. The van der Waals surface area contributed by atoms with Crippen molar-refractivity contribution in [2.24, 2.45) is 0 Å². The van der Waals surface area contributed by atoms with E-state index in [2.05, 4.69) is 23.8 Å². The molecule has 2 atom stereocenters. The summed E-state index contributed by atoms with van der Waals surface area (Å²) in [6.45, 7) is 5.66. The number of ketones is 1. The largest absolute Gasteiger partial charge is 0.305 e. The molecule has 1 saturated heterocycles. The summed E-state index contributed by atoms with van der Waals surface area (Å²) in [6.07, 6.45) is 6.62. The van der Waals surface area contributed by atoms with Crippen molar-refractivity contribution in [1.82, 2.24) is 9.80 Å². The molecular weight excluding hydrogens is 212 g/mol. The summed E-state index contributed by atoms with van der Waals surface area (Å²) < 4.78 is 0. The van der Waals surface area contributed by atoms with Gasteiger partial charge in [0.25, 0.3) is 0 Å². The van der Waals surface area contributed by atoms with Crippen molar-refractivity contribution in [1.29, 1.82) is 0 Å². The van der Waals surface area contributed by atoms with Gasteiger partial charge in [0, 0.05) is 25.6 Å². The van der Waals surface area contributed by atoms with Crippen LogP contribution in [0.4, 0.5) is 0 Å². The summed E-state index contributed by atoms with van der Waals surface area (Å²) in [4.78, 5) is 17.0. The van der Waals surface area contributed by atoms with Crippen molar-refractivity contribution < 1.29 is 4.79 Å². The zero-order valence-corrected chi connectivity index (χ0v) is 11.3. The van der Waals surface area contributed by atoms with Crippen molar-refractivity contribution >= 4 is 5.78 Å². The fourth-order valence-electron chi connectivity index (χ4n) is 3.35. The zero-order chi connectivity index (χ0) is 12.3. The molecule has 0 N–H and O–H groups in total. The second-order valence-electron chi connectivity index (χ2n) is 5.64. The van der Waals surface area contributed by atoms with Gasteiger partial charge in [-0.2, -0.15) is 0 Å². The number of rotatable bonds is 2. The van der Waals surface area contributed by atoms with Crippen LogP contribution in [0.25, 0.3) is 0 Å². The van der Waals surface area contributed by atoms with E-state index in [1.54, 1.807) is 0 Å². The van der Waals surface area contributed by atoms with Crippen LogP contribution in [0.3, 0.4) is 0 Å². The van der Waals surface area contributed by atoms with Crippen LogP contribution in [0.5, 0.6) is 0 Å². The van der Waals surface area contributed by atoms with Crippen LogP contribution < -0.4 is 0 Å². The molecule has 3 heteroatoms. The Labute approximate surface area is 105 Å². The van der Waals surface area contributed by atoms with Gasteiger partial charge in [-0.3, -0.25) is 9.69 Å². The molecule has 1 heterocycles. The first-order chi connectivity index (χ1) is 8.22. The summed E-state index contributed by atoms with van der Waals surface area (Å²) in [5, 5.41) is 0. The van der Waals surface area contributed by atoms with E-state index in [4.69, 9.17) is 0 Å². The minimum Gasteiger partial charge on any atom is -0.305 e. The maximum atomic E-state index is 12.1. The van der Waals surface area contributed by atoms with E-state index in [0.717, 1.165) is 38.8 Å². The smallest absolute Gasteiger partial charge is 0.149 e. The standard InChI is InChI=1S/C14H26N2O/c1-3-12-11-15(2)9-6-10-16(12)13-7-4-5-8-14(13)17/h12-13H,3-11H2,1-2H3. The van der Waals surface area contributed by atoms with E-state index in [-0.39, 0.29) is 6.04 Å². The normalized spacial score (nSPS) is 33.6. The summed E-state index contributed by atoms with van der Waals surface area (Å²) in [6, 6.07) is 0.815. The van der Waals surface area contributed by atoms with Crippen LogP contribution in [0.2, 0.25) is 0 Å². The van der Waals surface area contributed by atoms with E-state index in [0.29, 0.717) is 11.8 Å². The quantitative estimate of drug-likeness (QED) is 0.734. The molecule has 0 radical (unpaired) electrons. The molecule has 2 aliphatic rings. The number of nitrogens with zero attached hydrogens (tertiary/aromatic N) is 2. The van der Waals surface area contributed by atoms with Crippen LogP contribution in [-0.2, 0) is 4.79 Å². The Morgan fingerprint density at radius 3 is 2.76 bits per heavy atom. The first-order valence-electron chi connectivity index (χ1n) is 7.19. The Hall–Kier alpha value is -0.410. The van der Waals surface area contributed by atoms with Gasteiger partial charge in [-0.25, -0.2) is 0 Å². The van der Waals surface area contributed by atoms with Gasteiger partial charge in [0.1, 0.15) is 5.78 Å². The van der Waals surface area contributed by atoms with Gasteiger partial charge in [0.2, 0.25) is 0 Å². The molecule has 0 spiro atoms. The summed E-state index contributed by atoms with van der Waals surface area (Å²) in [7, 11) is 2.20. The Morgan fingerprint density at radius 1 is 1.24 bits per heavy atom. The fourth-order valence-corrected chi connectivity index (χ4v) is 3.35. The van der Waals surface area contributed by atoms with Crippen LogP contribution >= 0.6 is 0 Å². The number of carbonyl (C=O) groups is 1. The molecule has 17 heavy (non-hydrogen) atoms. The van der Waals surface area contributed by atoms with Crippen molar-refractivity contribution in [3.63, 3.8) is 0 Å². The third-order valence-corrected chi connectivity index (χ3v) is 4.34. The first-order valence-corrected chi connectivity index (χ1v) is 7.19. The molecule has 2 unspecified atom stereocenters. The van der Waals surface area contributed by atoms with Crippen molar-refractivity contribution in [3.05, 3.63) is 0 Å². The van der Waals surface area contributed by atoms with E-state index in [1.807, 2.05) is 0 Å². The Bertz CT molecular complexity index is 267. The van der Waals surface area contributed by atoms with E-state index in [1.165, 1.54) is 19.4 Å². The van der Waals surface area contributed by atoms with E-state index >= 15 is 0 Å². The maximum absolute atomic E-state index is 12.1.